The Morgan fingerprint density at radius 1 is 1.30 bits per heavy atom. The standard InChI is InChI=1S/C18H21ClN2O5S/c1-12(16(22)21-18(11-20)8-4-3-5-9-18)26-17(23)14-10-13(27(2,24)25)6-7-15(14)19/h6-7,10,12H,3-5,8-9H2,1-2H3,(H,21,22). The average molecular weight is 413 g/mol. The summed E-state index contributed by atoms with van der Waals surface area (Å²) in [4.78, 5) is 24.7. The Bertz CT molecular complexity index is 886. The molecule has 1 N–H and O–H groups in total. The van der Waals surface area contributed by atoms with Crippen molar-refractivity contribution in [2.75, 3.05) is 6.26 Å². The number of sulfone groups is 1. The maximum absolute atomic E-state index is 12.4. The summed E-state index contributed by atoms with van der Waals surface area (Å²) < 4.78 is 28.4. The lowest BCUT2D eigenvalue weighted by molar-refractivity contribution is -0.130. The maximum Gasteiger partial charge on any atom is 0.340 e. The monoisotopic (exact) mass is 412 g/mol. The zero-order chi connectivity index (χ0) is 20.2. The van der Waals surface area contributed by atoms with Gasteiger partial charge in [0.25, 0.3) is 5.91 Å². The van der Waals surface area contributed by atoms with Crippen molar-refractivity contribution in [1.82, 2.24) is 5.32 Å². The van der Waals surface area contributed by atoms with Crippen LogP contribution >= 0.6 is 11.6 Å². The summed E-state index contributed by atoms with van der Waals surface area (Å²) in [6.45, 7) is 1.38. The van der Waals surface area contributed by atoms with Crippen LogP contribution in [0.2, 0.25) is 5.02 Å². The van der Waals surface area contributed by atoms with Crippen LogP contribution in [0.1, 0.15) is 49.4 Å². The number of amides is 1. The summed E-state index contributed by atoms with van der Waals surface area (Å²) in [5, 5.41) is 12.1. The van der Waals surface area contributed by atoms with E-state index in [1.165, 1.54) is 19.1 Å². The van der Waals surface area contributed by atoms with Gasteiger partial charge in [-0.3, -0.25) is 4.79 Å². The van der Waals surface area contributed by atoms with E-state index in [1.807, 2.05) is 0 Å². The minimum absolute atomic E-state index is 0.0146. The lowest BCUT2D eigenvalue weighted by Gasteiger charge is -2.32. The van der Waals surface area contributed by atoms with Crippen molar-refractivity contribution in [2.24, 2.45) is 0 Å². The number of nitriles is 1. The normalized spacial score (nSPS) is 17.4. The van der Waals surface area contributed by atoms with Crippen molar-refractivity contribution in [2.45, 2.75) is 55.6 Å². The van der Waals surface area contributed by atoms with Crippen molar-refractivity contribution in [1.29, 1.82) is 5.26 Å². The molecule has 2 rings (SSSR count). The number of nitrogens with one attached hydrogen (secondary N) is 1. The number of benzene rings is 1. The van der Waals surface area contributed by atoms with E-state index in [0.29, 0.717) is 12.8 Å². The zero-order valence-electron chi connectivity index (χ0n) is 15.1. The first-order chi connectivity index (χ1) is 12.6. The zero-order valence-corrected chi connectivity index (χ0v) is 16.7. The highest BCUT2D eigenvalue weighted by molar-refractivity contribution is 7.90. The first-order valence-electron chi connectivity index (χ1n) is 8.52. The molecule has 146 valence electrons. The number of hydrogen-bond acceptors (Lipinski definition) is 6. The number of esters is 1. The molecule has 0 radical (unpaired) electrons. The summed E-state index contributed by atoms with van der Waals surface area (Å²) in [6.07, 6.45) is 3.65. The van der Waals surface area contributed by atoms with Crippen LogP contribution in [0.3, 0.4) is 0 Å². The van der Waals surface area contributed by atoms with Gasteiger partial charge in [-0.05, 0) is 38.0 Å². The van der Waals surface area contributed by atoms with Crippen LogP contribution in [-0.2, 0) is 19.4 Å². The minimum Gasteiger partial charge on any atom is -0.449 e. The molecule has 27 heavy (non-hydrogen) atoms. The fourth-order valence-corrected chi connectivity index (χ4v) is 3.77. The summed E-state index contributed by atoms with van der Waals surface area (Å²) in [5.41, 5.74) is -1.09. The third-order valence-corrected chi connectivity index (χ3v) is 5.96. The molecule has 1 aromatic rings. The Balaban J connectivity index is 2.11. The number of rotatable bonds is 5. The van der Waals surface area contributed by atoms with E-state index in [1.54, 1.807) is 0 Å². The van der Waals surface area contributed by atoms with Crippen molar-refractivity contribution in [3.8, 4) is 6.07 Å². The molecule has 0 spiro atoms. The third kappa shape index (κ3) is 5.21. The van der Waals surface area contributed by atoms with Gasteiger partial charge in [-0.25, -0.2) is 13.2 Å². The van der Waals surface area contributed by atoms with Crippen molar-refractivity contribution in [3.05, 3.63) is 28.8 Å². The topological polar surface area (TPSA) is 113 Å². The van der Waals surface area contributed by atoms with Gasteiger partial charge >= 0.3 is 5.97 Å². The Labute approximate surface area is 163 Å². The van der Waals surface area contributed by atoms with Gasteiger partial charge in [-0.1, -0.05) is 30.9 Å². The van der Waals surface area contributed by atoms with Crippen LogP contribution in [-0.4, -0.2) is 38.2 Å². The molecule has 1 aromatic carbocycles. The Hall–Kier alpha value is -2.11. The molecule has 0 saturated heterocycles. The van der Waals surface area contributed by atoms with Crippen molar-refractivity contribution < 1.29 is 22.7 Å². The van der Waals surface area contributed by atoms with Gasteiger partial charge in [0, 0.05) is 6.26 Å². The van der Waals surface area contributed by atoms with E-state index in [4.69, 9.17) is 16.3 Å². The molecule has 1 unspecified atom stereocenters. The molecule has 7 nitrogen and oxygen atoms in total. The molecule has 0 bridgehead atoms. The van der Waals surface area contributed by atoms with Gasteiger partial charge in [-0.2, -0.15) is 5.26 Å². The van der Waals surface area contributed by atoms with E-state index >= 15 is 0 Å². The number of hydrogen-bond donors (Lipinski definition) is 1. The summed E-state index contributed by atoms with van der Waals surface area (Å²) >= 11 is 5.97. The molecule has 1 aliphatic carbocycles. The first kappa shape index (κ1) is 21.2. The third-order valence-electron chi connectivity index (χ3n) is 4.52. The lowest BCUT2D eigenvalue weighted by atomic mass is 9.83. The largest absolute Gasteiger partial charge is 0.449 e. The van der Waals surface area contributed by atoms with Gasteiger partial charge in [0.05, 0.1) is 21.6 Å². The van der Waals surface area contributed by atoms with Gasteiger partial charge in [0.1, 0.15) is 5.54 Å². The summed E-state index contributed by atoms with van der Waals surface area (Å²) in [7, 11) is -3.53. The van der Waals surface area contributed by atoms with E-state index in [-0.39, 0.29) is 15.5 Å². The second-order valence-electron chi connectivity index (χ2n) is 6.71. The quantitative estimate of drug-likeness (QED) is 0.743. The molecular weight excluding hydrogens is 392 g/mol. The predicted octanol–water partition coefficient (Wildman–Crippen LogP) is 2.63. The lowest BCUT2D eigenvalue weighted by Crippen LogP contribution is -2.52. The van der Waals surface area contributed by atoms with Crippen LogP contribution < -0.4 is 5.32 Å². The molecule has 1 fully saturated rings. The Morgan fingerprint density at radius 3 is 2.48 bits per heavy atom. The molecule has 0 heterocycles. The van der Waals surface area contributed by atoms with E-state index in [2.05, 4.69) is 11.4 Å². The number of carbonyl (C=O) groups excluding carboxylic acids is 2. The summed E-state index contributed by atoms with van der Waals surface area (Å²) in [5.74, 6) is -1.50. The molecule has 1 atom stereocenters. The van der Waals surface area contributed by atoms with Crippen LogP contribution in [0.25, 0.3) is 0 Å². The SMILES string of the molecule is CC(OC(=O)c1cc(S(C)(=O)=O)ccc1Cl)C(=O)NC1(C#N)CCCCC1. The maximum atomic E-state index is 12.4. The summed E-state index contributed by atoms with van der Waals surface area (Å²) in [6, 6.07) is 5.84. The molecule has 1 aliphatic rings. The van der Waals surface area contributed by atoms with Crippen LogP contribution in [0, 0.1) is 11.3 Å². The average Bonchev–Trinajstić information content (AvgIpc) is 2.61. The smallest absolute Gasteiger partial charge is 0.340 e. The van der Waals surface area contributed by atoms with Gasteiger partial charge in [0.2, 0.25) is 0 Å². The van der Waals surface area contributed by atoms with E-state index in [0.717, 1.165) is 31.6 Å². The first-order valence-corrected chi connectivity index (χ1v) is 10.8. The predicted molar refractivity (Wildman–Crippen MR) is 99.0 cm³/mol. The van der Waals surface area contributed by atoms with E-state index < -0.39 is 33.4 Å². The number of nitrogens with zero attached hydrogens (tertiary/aromatic N) is 1. The number of ether oxygens (including phenoxy) is 1. The Morgan fingerprint density at radius 2 is 1.93 bits per heavy atom. The van der Waals surface area contributed by atoms with Gasteiger partial charge in [-0.15, -0.1) is 0 Å². The Kier molecular flexibility index (Phi) is 6.50. The highest BCUT2D eigenvalue weighted by Crippen LogP contribution is 2.28. The number of halogens is 1. The second kappa shape index (κ2) is 8.28. The molecule has 1 amide bonds. The van der Waals surface area contributed by atoms with Crippen LogP contribution in [0.5, 0.6) is 0 Å². The highest BCUT2D eigenvalue weighted by atomic mass is 35.5. The fraction of sp³-hybridized carbons (Fsp3) is 0.500. The fourth-order valence-electron chi connectivity index (χ4n) is 2.93. The van der Waals surface area contributed by atoms with Crippen LogP contribution in [0.4, 0.5) is 0 Å². The van der Waals surface area contributed by atoms with Crippen molar-refractivity contribution in [3.63, 3.8) is 0 Å². The van der Waals surface area contributed by atoms with Crippen molar-refractivity contribution >= 4 is 33.3 Å². The van der Waals surface area contributed by atoms with Crippen LogP contribution in [0.15, 0.2) is 23.1 Å². The number of carbonyl (C=O) groups is 2. The highest BCUT2D eigenvalue weighted by Gasteiger charge is 2.35. The molecular formula is C18H21ClN2O5S. The van der Waals surface area contributed by atoms with Gasteiger partial charge in [0.15, 0.2) is 15.9 Å². The molecule has 1 saturated carbocycles. The minimum atomic E-state index is -3.53. The van der Waals surface area contributed by atoms with E-state index in [9.17, 15) is 23.3 Å². The molecule has 9 heteroatoms. The molecule has 0 aliphatic heterocycles. The molecule has 0 aromatic heterocycles. The second-order valence-corrected chi connectivity index (χ2v) is 9.13. The van der Waals surface area contributed by atoms with Gasteiger partial charge < -0.3 is 10.1 Å².